The van der Waals surface area contributed by atoms with Crippen molar-refractivity contribution in [1.82, 2.24) is 20.2 Å². The Labute approximate surface area is 79.3 Å². The number of aryl methyl sites for hydroxylation is 1. The average molecular weight is 193 g/mol. The minimum Gasteiger partial charge on any atom is -0.366 e. The number of anilines is 1. The van der Waals surface area contributed by atoms with E-state index in [0.29, 0.717) is 11.3 Å². The van der Waals surface area contributed by atoms with Gasteiger partial charge < -0.3 is 5.73 Å². The van der Waals surface area contributed by atoms with E-state index in [1.807, 2.05) is 0 Å². The van der Waals surface area contributed by atoms with Crippen molar-refractivity contribution in [3.63, 3.8) is 0 Å². The number of aromatic nitrogens is 4. The highest BCUT2D eigenvalue weighted by molar-refractivity contribution is 5.38. The smallest absolute Gasteiger partial charge is 0.245 e. The molecule has 0 radical (unpaired) electrons. The number of benzene rings is 1. The summed E-state index contributed by atoms with van der Waals surface area (Å²) in [4.78, 5) is 0. The van der Waals surface area contributed by atoms with Gasteiger partial charge in [0.15, 0.2) is 0 Å². The van der Waals surface area contributed by atoms with E-state index in [0.717, 1.165) is 0 Å². The van der Waals surface area contributed by atoms with E-state index >= 15 is 0 Å². The van der Waals surface area contributed by atoms with Gasteiger partial charge in [0.1, 0.15) is 5.82 Å². The number of rotatable bonds is 1. The van der Waals surface area contributed by atoms with Gasteiger partial charge in [0.05, 0.1) is 5.69 Å². The molecule has 0 amide bonds. The summed E-state index contributed by atoms with van der Waals surface area (Å²) < 4.78 is 14.4. The monoisotopic (exact) mass is 193 g/mol. The van der Waals surface area contributed by atoms with Crippen molar-refractivity contribution in [3.8, 4) is 5.69 Å². The van der Waals surface area contributed by atoms with E-state index in [1.54, 1.807) is 19.1 Å². The Hall–Kier alpha value is -1.98. The molecule has 0 aliphatic rings. The van der Waals surface area contributed by atoms with Crippen LogP contribution < -0.4 is 5.73 Å². The molecule has 2 N–H and O–H groups in total. The van der Waals surface area contributed by atoms with Crippen LogP contribution in [0.2, 0.25) is 0 Å². The predicted molar refractivity (Wildman–Crippen MR) is 48.3 cm³/mol. The van der Waals surface area contributed by atoms with Crippen LogP contribution in [-0.2, 0) is 0 Å². The fourth-order valence-corrected chi connectivity index (χ4v) is 1.09. The van der Waals surface area contributed by atoms with E-state index in [-0.39, 0.29) is 11.8 Å². The summed E-state index contributed by atoms with van der Waals surface area (Å²) in [6.07, 6.45) is 0. The van der Waals surface area contributed by atoms with E-state index in [4.69, 9.17) is 5.73 Å². The van der Waals surface area contributed by atoms with E-state index in [2.05, 4.69) is 15.5 Å². The van der Waals surface area contributed by atoms with Crippen molar-refractivity contribution < 1.29 is 4.39 Å². The number of hydrogen-bond donors (Lipinski definition) is 1. The van der Waals surface area contributed by atoms with Gasteiger partial charge in [-0.2, -0.15) is 4.68 Å². The molecule has 1 aromatic carbocycles. The van der Waals surface area contributed by atoms with Crippen LogP contribution in [0.3, 0.4) is 0 Å². The van der Waals surface area contributed by atoms with E-state index < -0.39 is 0 Å². The molecule has 0 fully saturated rings. The molecular formula is C8H8FN5. The summed E-state index contributed by atoms with van der Waals surface area (Å²) >= 11 is 0. The van der Waals surface area contributed by atoms with Crippen molar-refractivity contribution in [3.05, 3.63) is 29.6 Å². The molecule has 0 aliphatic heterocycles. The fourth-order valence-electron chi connectivity index (χ4n) is 1.09. The Balaban J connectivity index is 2.53. The Morgan fingerprint density at radius 1 is 1.43 bits per heavy atom. The van der Waals surface area contributed by atoms with Crippen molar-refractivity contribution >= 4 is 5.95 Å². The Bertz CT molecular complexity index is 465. The molecule has 6 heteroatoms. The van der Waals surface area contributed by atoms with Gasteiger partial charge in [-0.05, 0) is 29.0 Å². The van der Waals surface area contributed by atoms with Gasteiger partial charge in [0.2, 0.25) is 5.95 Å². The molecule has 0 unspecified atom stereocenters. The topological polar surface area (TPSA) is 69.6 Å². The van der Waals surface area contributed by atoms with Crippen molar-refractivity contribution in [2.75, 3.05) is 5.73 Å². The molecule has 0 saturated carbocycles. The second-order valence-corrected chi connectivity index (χ2v) is 2.88. The second kappa shape index (κ2) is 3.06. The maximum atomic E-state index is 13.2. The third kappa shape index (κ3) is 1.30. The Morgan fingerprint density at radius 3 is 2.79 bits per heavy atom. The molecule has 2 rings (SSSR count). The zero-order valence-electron chi connectivity index (χ0n) is 7.48. The first-order valence-corrected chi connectivity index (χ1v) is 3.99. The third-order valence-electron chi connectivity index (χ3n) is 1.89. The lowest BCUT2D eigenvalue weighted by Crippen LogP contribution is -2.03. The summed E-state index contributed by atoms with van der Waals surface area (Å²) in [5, 5.41) is 10.5. The predicted octanol–water partition coefficient (Wildman–Crippen LogP) is 0.692. The molecule has 0 bridgehead atoms. The Kier molecular flexibility index (Phi) is 1.88. The number of hydrogen-bond acceptors (Lipinski definition) is 4. The minimum atomic E-state index is -0.308. The van der Waals surface area contributed by atoms with Gasteiger partial charge in [-0.1, -0.05) is 11.2 Å². The van der Waals surface area contributed by atoms with Crippen LogP contribution in [0.1, 0.15) is 5.56 Å². The van der Waals surface area contributed by atoms with Crippen molar-refractivity contribution in [1.29, 1.82) is 0 Å². The zero-order chi connectivity index (χ0) is 10.1. The lowest BCUT2D eigenvalue weighted by molar-refractivity contribution is 0.615. The average Bonchev–Trinajstić information content (AvgIpc) is 2.57. The first-order chi connectivity index (χ1) is 6.68. The molecule has 1 aromatic heterocycles. The van der Waals surface area contributed by atoms with Crippen LogP contribution >= 0.6 is 0 Å². The SMILES string of the molecule is Cc1ccc(-n2nnnc2N)cc1F. The van der Waals surface area contributed by atoms with Crippen molar-refractivity contribution in [2.45, 2.75) is 6.92 Å². The molecule has 5 nitrogen and oxygen atoms in total. The van der Waals surface area contributed by atoms with Gasteiger partial charge >= 0.3 is 0 Å². The van der Waals surface area contributed by atoms with Gasteiger partial charge in [-0.15, -0.1) is 0 Å². The number of nitrogen functional groups attached to an aromatic ring is 1. The molecule has 1 heterocycles. The zero-order valence-corrected chi connectivity index (χ0v) is 7.48. The Morgan fingerprint density at radius 2 is 2.21 bits per heavy atom. The number of halogens is 1. The molecule has 0 aliphatic carbocycles. The molecule has 14 heavy (non-hydrogen) atoms. The third-order valence-corrected chi connectivity index (χ3v) is 1.89. The van der Waals surface area contributed by atoms with Crippen LogP contribution in [0.4, 0.5) is 10.3 Å². The number of nitrogens with two attached hydrogens (primary N) is 1. The highest BCUT2D eigenvalue weighted by Gasteiger charge is 2.06. The van der Waals surface area contributed by atoms with Crippen LogP contribution in [0, 0.1) is 12.7 Å². The highest BCUT2D eigenvalue weighted by atomic mass is 19.1. The molecule has 0 spiro atoms. The van der Waals surface area contributed by atoms with Crippen LogP contribution in [0.5, 0.6) is 0 Å². The normalized spacial score (nSPS) is 10.4. The summed E-state index contributed by atoms with van der Waals surface area (Å²) in [6, 6.07) is 4.68. The molecule has 2 aromatic rings. The molecule has 72 valence electrons. The number of nitrogens with zero attached hydrogens (tertiary/aromatic N) is 4. The fraction of sp³-hybridized carbons (Fsp3) is 0.125. The summed E-state index contributed by atoms with van der Waals surface area (Å²) in [6.45, 7) is 1.68. The lowest BCUT2D eigenvalue weighted by Gasteiger charge is -2.02. The molecule has 0 saturated heterocycles. The standard InChI is InChI=1S/C8H8FN5/c1-5-2-3-6(4-7(5)9)14-8(10)11-12-13-14/h2-4H,1H3,(H2,10,11,13). The highest BCUT2D eigenvalue weighted by Crippen LogP contribution is 2.13. The first-order valence-electron chi connectivity index (χ1n) is 3.99. The van der Waals surface area contributed by atoms with E-state index in [9.17, 15) is 4.39 Å². The minimum absolute atomic E-state index is 0.133. The van der Waals surface area contributed by atoms with Gasteiger partial charge in [-0.3, -0.25) is 0 Å². The van der Waals surface area contributed by atoms with Crippen LogP contribution in [0.25, 0.3) is 5.69 Å². The summed E-state index contributed by atoms with van der Waals surface area (Å²) in [7, 11) is 0. The van der Waals surface area contributed by atoms with Crippen LogP contribution in [0.15, 0.2) is 18.2 Å². The first kappa shape index (κ1) is 8.61. The van der Waals surface area contributed by atoms with Gasteiger partial charge in [-0.25, -0.2) is 4.39 Å². The molecular weight excluding hydrogens is 185 g/mol. The summed E-state index contributed by atoms with van der Waals surface area (Å²) in [5.41, 5.74) is 6.54. The second-order valence-electron chi connectivity index (χ2n) is 2.88. The maximum absolute atomic E-state index is 13.2. The van der Waals surface area contributed by atoms with Gasteiger partial charge in [0, 0.05) is 6.07 Å². The van der Waals surface area contributed by atoms with Crippen molar-refractivity contribution in [2.24, 2.45) is 0 Å². The largest absolute Gasteiger partial charge is 0.366 e. The molecule has 0 atom stereocenters. The summed E-state index contributed by atoms with van der Waals surface area (Å²) in [5.74, 6) is -0.175. The lowest BCUT2D eigenvalue weighted by atomic mass is 10.2. The number of tetrazole rings is 1. The van der Waals surface area contributed by atoms with E-state index in [1.165, 1.54) is 10.7 Å². The quantitative estimate of drug-likeness (QED) is 0.723. The van der Waals surface area contributed by atoms with Crippen LogP contribution in [-0.4, -0.2) is 20.2 Å². The maximum Gasteiger partial charge on any atom is 0.245 e. The van der Waals surface area contributed by atoms with Gasteiger partial charge in [0.25, 0.3) is 0 Å².